The predicted octanol–water partition coefficient (Wildman–Crippen LogP) is 3.70. The molecule has 1 aromatic carbocycles. The van der Waals surface area contributed by atoms with E-state index >= 15 is 0 Å². The Labute approximate surface area is 107 Å². The zero-order valence-electron chi connectivity index (χ0n) is 10.3. The van der Waals surface area contributed by atoms with E-state index in [2.05, 4.69) is 5.32 Å². The van der Waals surface area contributed by atoms with Gasteiger partial charge in [0.05, 0.1) is 0 Å². The smallest absolute Gasteiger partial charge is 0.123 e. The summed E-state index contributed by atoms with van der Waals surface area (Å²) in [6.07, 6.45) is 5.47. The minimum atomic E-state index is -0.157. The molecule has 0 saturated heterocycles. The average molecular weight is 253 g/mol. The largest absolute Gasteiger partial charge is 0.316 e. The number of rotatable bonds is 5. The van der Waals surface area contributed by atoms with Gasteiger partial charge in [0, 0.05) is 16.7 Å². The van der Waals surface area contributed by atoms with Crippen LogP contribution in [0.3, 0.4) is 0 Å². The average Bonchev–Trinajstić information content (AvgIpc) is 2.86. The molecule has 0 heterocycles. The third-order valence-corrected chi connectivity index (χ3v) is 4.71. The van der Waals surface area contributed by atoms with Gasteiger partial charge in [0.25, 0.3) is 0 Å². The molecule has 1 saturated carbocycles. The Bertz CT molecular complexity index is 333. The number of nitrogens with one attached hydrogen (secondary N) is 1. The molecule has 1 aromatic rings. The van der Waals surface area contributed by atoms with Crippen molar-refractivity contribution < 1.29 is 4.39 Å². The van der Waals surface area contributed by atoms with Crippen LogP contribution in [0.5, 0.6) is 0 Å². The van der Waals surface area contributed by atoms with Gasteiger partial charge in [0.2, 0.25) is 0 Å². The zero-order chi connectivity index (χ0) is 12.1. The van der Waals surface area contributed by atoms with Crippen molar-refractivity contribution in [3.8, 4) is 0 Å². The van der Waals surface area contributed by atoms with Crippen LogP contribution < -0.4 is 5.32 Å². The fraction of sp³-hybridized carbons (Fsp3) is 0.571. The quantitative estimate of drug-likeness (QED) is 0.803. The normalized spacial score (nSPS) is 18.5. The minimum absolute atomic E-state index is 0.157. The lowest BCUT2D eigenvalue weighted by Crippen LogP contribution is -2.34. The number of hydrogen-bond donors (Lipinski definition) is 1. The first kappa shape index (κ1) is 12.9. The summed E-state index contributed by atoms with van der Waals surface area (Å²) in [5, 5.41) is 3.43. The van der Waals surface area contributed by atoms with Gasteiger partial charge in [-0.05, 0) is 50.1 Å². The van der Waals surface area contributed by atoms with Crippen LogP contribution in [0.25, 0.3) is 0 Å². The molecule has 1 atom stereocenters. The second-order valence-corrected chi connectivity index (χ2v) is 5.80. The van der Waals surface area contributed by atoms with Crippen LogP contribution in [-0.4, -0.2) is 18.8 Å². The molecule has 0 bridgehead atoms. The van der Waals surface area contributed by atoms with Gasteiger partial charge in [0.1, 0.15) is 5.82 Å². The first-order valence-electron chi connectivity index (χ1n) is 6.35. The van der Waals surface area contributed by atoms with E-state index in [-0.39, 0.29) is 5.82 Å². The highest BCUT2D eigenvalue weighted by Crippen LogP contribution is 2.30. The molecular formula is C14H20FNS. The van der Waals surface area contributed by atoms with Crippen molar-refractivity contribution in [2.24, 2.45) is 5.92 Å². The van der Waals surface area contributed by atoms with E-state index in [1.165, 1.54) is 37.8 Å². The van der Waals surface area contributed by atoms with Crippen molar-refractivity contribution in [1.82, 2.24) is 5.32 Å². The van der Waals surface area contributed by atoms with Gasteiger partial charge in [-0.15, -0.1) is 11.8 Å². The highest BCUT2D eigenvalue weighted by molar-refractivity contribution is 7.99. The molecule has 2 rings (SSSR count). The summed E-state index contributed by atoms with van der Waals surface area (Å²) < 4.78 is 12.8. The van der Waals surface area contributed by atoms with Crippen LogP contribution in [0.4, 0.5) is 4.39 Å². The van der Waals surface area contributed by atoms with E-state index in [1.807, 2.05) is 30.9 Å². The molecule has 0 aliphatic heterocycles. The first-order valence-corrected chi connectivity index (χ1v) is 7.34. The molecule has 1 aliphatic rings. The van der Waals surface area contributed by atoms with Gasteiger partial charge in [-0.2, -0.15) is 0 Å². The Balaban J connectivity index is 1.84. The second kappa shape index (κ2) is 6.41. The molecular weight excluding hydrogens is 233 g/mol. The summed E-state index contributed by atoms with van der Waals surface area (Å²) in [4.78, 5) is 1.16. The molecule has 1 aliphatic carbocycles. The monoisotopic (exact) mass is 253 g/mol. The van der Waals surface area contributed by atoms with E-state index < -0.39 is 0 Å². The first-order chi connectivity index (χ1) is 8.29. The van der Waals surface area contributed by atoms with Crippen LogP contribution >= 0.6 is 11.8 Å². The molecule has 1 nitrogen and oxygen atoms in total. The lowest BCUT2D eigenvalue weighted by Gasteiger charge is -2.22. The van der Waals surface area contributed by atoms with Gasteiger partial charge in [0.15, 0.2) is 0 Å². The maximum Gasteiger partial charge on any atom is 0.123 e. The Morgan fingerprint density at radius 2 is 1.94 bits per heavy atom. The minimum Gasteiger partial charge on any atom is -0.316 e. The number of thioether (sulfide) groups is 1. The van der Waals surface area contributed by atoms with Crippen molar-refractivity contribution >= 4 is 11.8 Å². The van der Waals surface area contributed by atoms with E-state index in [0.29, 0.717) is 6.04 Å². The van der Waals surface area contributed by atoms with E-state index in [1.54, 1.807) is 0 Å². The Morgan fingerprint density at radius 3 is 2.53 bits per heavy atom. The van der Waals surface area contributed by atoms with Crippen molar-refractivity contribution in [3.05, 3.63) is 30.1 Å². The Kier molecular flexibility index (Phi) is 4.86. The SMILES string of the molecule is CNC(CSc1ccc(F)cc1)C1CCCC1. The molecule has 0 amide bonds. The van der Waals surface area contributed by atoms with Crippen molar-refractivity contribution in [2.75, 3.05) is 12.8 Å². The standard InChI is InChI=1S/C14H20FNS/c1-16-14(11-4-2-3-5-11)10-17-13-8-6-12(15)7-9-13/h6-9,11,14,16H,2-5,10H2,1H3. The van der Waals surface area contributed by atoms with Crippen LogP contribution in [0.1, 0.15) is 25.7 Å². The predicted molar refractivity (Wildman–Crippen MR) is 71.9 cm³/mol. The molecule has 17 heavy (non-hydrogen) atoms. The van der Waals surface area contributed by atoms with Crippen LogP contribution in [0.15, 0.2) is 29.2 Å². The maximum atomic E-state index is 12.8. The fourth-order valence-corrected chi connectivity index (χ4v) is 3.67. The zero-order valence-corrected chi connectivity index (χ0v) is 11.1. The topological polar surface area (TPSA) is 12.0 Å². The van der Waals surface area contributed by atoms with E-state index in [0.717, 1.165) is 16.6 Å². The number of hydrogen-bond acceptors (Lipinski definition) is 2. The Hall–Kier alpha value is -0.540. The third-order valence-electron chi connectivity index (χ3n) is 3.58. The fourth-order valence-electron chi connectivity index (χ4n) is 2.53. The summed E-state index contributed by atoms with van der Waals surface area (Å²) in [5.74, 6) is 1.75. The van der Waals surface area contributed by atoms with Gasteiger partial charge < -0.3 is 5.32 Å². The summed E-state index contributed by atoms with van der Waals surface area (Å²) in [7, 11) is 2.05. The number of benzene rings is 1. The van der Waals surface area contributed by atoms with Gasteiger partial charge >= 0.3 is 0 Å². The highest BCUT2D eigenvalue weighted by atomic mass is 32.2. The van der Waals surface area contributed by atoms with Gasteiger partial charge in [-0.25, -0.2) is 4.39 Å². The highest BCUT2D eigenvalue weighted by Gasteiger charge is 2.23. The van der Waals surface area contributed by atoms with E-state index in [9.17, 15) is 4.39 Å². The maximum absolute atomic E-state index is 12.8. The van der Waals surface area contributed by atoms with Crippen LogP contribution in [0.2, 0.25) is 0 Å². The molecule has 94 valence electrons. The van der Waals surface area contributed by atoms with Crippen molar-refractivity contribution in [3.63, 3.8) is 0 Å². The molecule has 0 spiro atoms. The van der Waals surface area contributed by atoms with Gasteiger partial charge in [-0.1, -0.05) is 12.8 Å². The molecule has 1 fully saturated rings. The molecule has 3 heteroatoms. The molecule has 1 N–H and O–H groups in total. The summed E-state index contributed by atoms with van der Waals surface area (Å²) in [6.45, 7) is 0. The van der Waals surface area contributed by atoms with Crippen LogP contribution in [0, 0.1) is 11.7 Å². The molecule has 1 unspecified atom stereocenters. The second-order valence-electron chi connectivity index (χ2n) is 4.70. The molecule has 0 radical (unpaired) electrons. The lowest BCUT2D eigenvalue weighted by atomic mass is 10.0. The Morgan fingerprint density at radius 1 is 1.29 bits per heavy atom. The summed E-state index contributed by atoms with van der Waals surface area (Å²) in [5.41, 5.74) is 0. The third kappa shape index (κ3) is 3.71. The summed E-state index contributed by atoms with van der Waals surface area (Å²) >= 11 is 1.82. The van der Waals surface area contributed by atoms with E-state index in [4.69, 9.17) is 0 Å². The van der Waals surface area contributed by atoms with Crippen LogP contribution in [-0.2, 0) is 0 Å². The summed E-state index contributed by atoms with van der Waals surface area (Å²) in [6, 6.07) is 7.38. The lowest BCUT2D eigenvalue weighted by molar-refractivity contribution is 0.410. The number of halogens is 1. The molecule has 0 aromatic heterocycles. The van der Waals surface area contributed by atoms with Crippen molar-refractivity contribution in [2.45, 2.75) is 36.6 Å². The van der Waals surface area contributed by atoms with Crippen molar-refractivity contribution in [1.29, 1.82) is 0 Å². The van der Waals surface area contributed by atoms with Gasteiger partial charge in [-0.3, -0.25) is 0 Å².